The number of carbonyl (C=O) groups excluding carboxylic acids is 3. The number of benzene rings is 2. The molecular weight excluding hydrogens is 420 g/mol. The Balaban J connectivity index is 1.74. The van der Waals surface area contributed by atoms with Crippen molar-refractivity contribution in [2.45, 2.75) is 26.3 Å². The van der Waals surface area contributed by atoms with E-state index in [1.165, 1.54) is 6.07 Å². The molecule has 1 atom stereocenters. The lowest BCUT2D eigenvalue weighted by molar-refractivity contribution is -0.133. The molecule has 0 radical (unpaired) electrons. The number of imide groups is 1. The molecule has 10 heteroatoms. The summed E-state index contributed by atoms with van der Waals surface area (Å²) in [5, 5.41) is 5.25. The maximum atomic E-state index is 13.0. The van der Waals surface area contributed by atoms with Crippen LogP contribution in [-0.2, 0) is 25.2 Å². The van der Waals surface area contributed by atoms with Gasteiger partial charge in [0, 0.05) is 5.69 Å². The molecule has 0 bridgehead atoms. The van der Waals surface area contributed by atoms with Crippen LogP contribution in [0.2, 0.25) is 0 Å². The van der Waals surface area contributed by atoms with Gasteiger partial charge in [0.2, 0.25) is 15.9 Å². The molecule has 2 aromatic rings. The summed E-state index contributed by atoms with van der Waals surface area (Å²) in [7, 11) is -3.49. The third-order valence-corrected chi connectivity index (χ3v) is 5.61. The molecule has 0 saturated carbocycles. The average Bonchev–Trinajstić information content (AvgIpc) is 2.88. The van der Waals surface area contributed by atoms with Crippen LogP contribution in [0.15, 0.2) is 42.5 Å². The first-order chi connectivity index (χ1) is 14.4. The van der Waals surface area contributed by atoms with E-state index >= 15 is 0 Å². The molecule has 1 unspecified atom stereocenters. The van der Waals surface area contributed by atoms with Crippen LogP contribution in [0.3, 0.4) is 0 Å². The smallest absolute Gasteiger partial charge is 0.324 e. The van der Waals surface area contributed by atoms with E-state index in [-0.39, 0.29) is 0 Å². The quantitative estimate of drug-likeness (QED) is 0.589. The van der Waals surface area contributed by atoms with Crippen molar-refractivity contribution >= 4 is 39.2 Å². The highest BCUT2D eigenvalue weighted by atomic mass is 32.2. The first kappa shape index (κ1) is 22.3. The lowest BCUT2D eigenvalue weighted by atomic mass is 9.91. The number of carbonyl (C=O) groups is 3. The van der Waals surface area contributed by atoms with Crippen molar-refractivity contribution in [2.75, 3.05) is 22.8 Å². The minimum Gasteiger partial charge on any atom is -0.324 e. The zero-order valence-electron chi connectivity index (χ0n) is 17.6. The Kier molecular flexibility index (Phi) is 5.77. The summed E-state index contributed by atoms with van der Waals surface area (Å²) in [5.41, 5.74) is 1.70. The summed E-state index contributed by atoms with van der Waals surface area (Å²) >= 11 is 0. The van der Waals surface area contributed by atoms with Crippen molar-refractivity contribution in [3.05, 3.63) is 59.2 Å². The van der Waals surface area contributed by atoms with Gasteiger partial charge in [-0.05, 0) is 44.0 Å². The van der Waals surface area contributed by atoms with Crippen LogP contribution in [-0.4, -0.2) is 44.0 Å². The lowest BCUT2D eigenvalue weighted by Gasteiger charge is -2.22. The summed E-state index contributed by atoms with van der Waals surface area (Å²) in [4.78, 5) is 38.7. The molecule has 31 heavy (non-hydrogen) atoms. The predicted molar refractivity (Wildman–Crippen MR) is 117 cm³/mol. The molecule has 4 amide bonds. The van der Waals surface area contributed by atoms with Crippen LogP contribution in [0, 0.1) is 13.8 Å². The number of rotatable bonds is 6. The van der Waals surface area contributed by atoms with Gasteiger partial charge in [0.1, 0.15) is 12.1 Å². The van der Waals surface area contributed by atoms with E-state index in [9.17, 15) is 22.8 Å². The molecule has 0 spiro atoms. The molecular formula is C21H24N4O5S. The van der Waals surface area contributed by atoms with Gasteiger partial charge < -0.3 is 10.6 Å². The standard InChI is InChI=1S/C21H24N4O5S/c1-13-5-8-15(9-6-13)21(3)19(27)25(20(28)23-21)12-18(26)22-16-10-7-14(2)17(11-16)24-31(4,29)30/h5-11,24H,12H2,1-4H3,(H,22,26)(H,23,28). The van der Waals surface area contributed by atoms with Gasteiger partial charge in [-0.25, -0.2) is 13.2 Å². The molecule has 1 aliphatic heterocycles. The van der Waals surface area contributed by atoms with Crippen molar-refractivity contribution in [3.63, 3.8) is 0 Å². The van der Waals surface area contributed by atoms with E-state index in [1.54, 1.807) is 38.1 Å². The van der Waals surface area contributed by atoms with Crippen molar-refractivity contribution in [2.24, 2.45) is 0 Å². The van der Waals surface area contributed by atoms with Gasteiger partial charge >= 0.3 is 6.03 Å². The topological polar surface area (TPSA) is 125 Å². The largest absolute Gasteiger partial charge is 0.325 e. The van der Waals surface area contributed by atoms with E-state index in [2.05, 4.69) is 15.4 Å². The van der Waals surface area contributed by atoms with Crippen molar-refractivity contribution in [3.8, 4) is 0 Å². The number of sulfonamides is 1. The number of aryl methyl sites for hydroxylation is 2. The van der Waals surface area contributed by atoms with Gasteiger partial charge in [0.25, 0.3) is 5.91 Å². The van der Waals surface area contributed by atoms with Gasteiger partial charge in [-0.15, -0.1) is 0 Å². The third-order valence-electron chi connectivity index (χ3n) is 5.02. The minimum absolute atomic E-state index is 0.322. The van der Waals surface area contributed by atoms with Crippen molar-refractivity contribution in [1.82, 2.24) is 10.2 Å². The first-order valence-corrected chi connectivity index (χ1v) is 11.4. The van der Waals surface area contributed by atoms with Gasteiger partial charge in [0.15, 0.2) is 0 Å². The maximum absolute atomic E-state index is 13.0. The van der Waals surface area contributed by atoms with Crippen LogP contribution in [0.25, 0.3) is 0 Å². The van der Waals surface area contributed by atoms with E-state index in [1.807, 2.05) is 19.1 Å². The fourth-order valence-corrected chi connectivity index (χ4v) is 3.90. The van der Waals surface area contributed by atoms with Gasteiger partial charge in [-0.3, -0.25) is 19.2 Å². The fourth-order valence-electron chi connectivity index (χ4n) is 3.28. The predicted octanol–water partition coefficient (Wildman–Crippen LogP) is 2.08. The second-order valence-electron chi connectivity index (χ2n) is 7.76. The van der Waals surface area contributed by atoms with Gasteiger partial charge in [-0.2, -0.15) is 0 Å². The number of amides is 4. The Morgan fingerprint density at radius 3 is 2.35 bits per heavy atom. The summed E-state index contributed by atoms with van der Waals surface area (Å²) < 4.78 is 25.4. The van der Waals surface area contributed by atoms with Crippen LogP contribution < -0.4 is 15.4 Å². The number of nitrogens with one attached hydrogen (secondary N) is 3. The normalized spacial score (nSPS) is 18.6. The number of hydrogen-bond donors (Lipinski definition) is 3. The van der Waals surface area contributed by atoms with Gasteiger partial charge in [-0.1, -0.05) is 35.9 Å². The second kappa shape index (κ2) is 8.03. The number of urea groups is 1. The molecule has 164 valence electrons. The summed E-state index contributed by atoms with van der Waals surface area (Å²) in [5.74, 6) is -1.12. The van der Waals surface area contributed by atoms with E-state index in [4.69, 9.17) is 0 Å². The summed E-state index contributed by atoms with van der Waals surface area (Å²) in [6.45, 7) is 4.76. The Morgan fingerprint density at radius 2 is 1.74 bits per heavy atom. The zero-order valence-corrected chi connectivity index (χ0v) is 18.5. The highest BCUT2D eigenvalue weighted by Gasteiger charge is 2.49. The summed E-state index contributed by atoms with van der Waals surface area (Å²) in [6, 6.07) is 11.3. The average molecular weight is 445 g/mol. The zero-order chi connectivity index (χ0) is 23.0. The number of anilines is 2. The second-order valence-corrected chi connectivity index (χ2v) is 9.51. The minimum atomic E-state index is -3.49. The highest BCUT2D eigenvalue weighted by Crippen LogP contribution is 2.29. The van der Waals surface area contributed by atoms with Crippen molar-refractivity contribution in [1.29, 1.82) is 0 Å². The molecule has 1 aliphatic rings. The number of hydrogen-bond acceptors (Lipinski definition) is 5. The molecule has 1 saturated heterocycles. The fraction of sp³-hybridized carbons (Fsp3) is 0.286. The Hall–Kier alpha value is -3.40. The molecule has 1 fully saturated rings. The summed E-state index contributed by atoms with van der Waals surface area (Å²) in [6.07, 6.45) is 1.03. The Labute approximate surface area is 180 Å². The highest BCUT2D eigenvalue weighted by molar-refractivity contribution is 7.92. The van der Waals surface area contributed by atoms with Gasteiger partial charge in [0.05, 0.1) is 11.9 Å². The molecule has 2 aromatic carbocycles. The van der Waals surface area contributed by atoms with E-state index < -0.39 is 40.0 Å². The Morgan fingerprint density at radius 1 is 1.10 bits per heavy atom. The first-order valence-electron chi connectivity index (χ1n) is 9.48. The molecule has 0 aliphatic carbocycles. The van der Waals surface area contributed by atoms with Crippen LogP contribution >= 0.6 is 0 Å². The lowest BCUT2D eigenvalue weighted by Crippen LogP contribution is -2.42. The molecule has 3 rings (SSSR count). The third kappa shape index (κ3) is 4.85. The molecule has 1 heterocycles. The Bertz CT molecular complexity index is 1160. The molecule has 3 N–H and O–H groups in total. The number of nitrogens with zero attached hydrogens (tertiary/aromatic N) is 1. The molecule has 9 nitrogen and oxygen atoms in total. The van der Waals surface area contributed by atoms with Crippen LogP contribution in [0.5, 0.6) is 0 Å². The van der Waals surface area contributed by atoms with E-state index in [0.29, 0.717) is 22.5 Å². The monoisotopic (exact) mass is 444 g/mol. The maximum Gasteiger partial charge on any atom is 0.325 e. The SMILES string of the molecule is Cc1ccc(C2(C)NC(=O)N(CC(=O)Nc3ccc(C)c(NS(C)(=O)=O)c3)C2=O)cc1. The van der Waals surface area contributed by atoms with Crippen LogP contribution in [0.4, 0.5) is 16.2 Å². The van der Waals surface area contributed by atoms with Crippen molar-refractivity contribution < 1.29 is 22.8 Å². The molecule has 0 aromatic heterocycles. The van der Waals surface area contributed by atoms with Crippen LogP contribution in [0.1, 0.15) is 23.6 Å². The van der Waals surface area contributed by atoms with E-state index in [0.717, 1.165) is 16.7 Å².